The fourth-order valence-corrected chi connectivity index (χ4v) is 2.73. The molecule has 1 aliphatic rings. The van der Waals surface area contributed by atoms with Gasteiger partial charge in [-0.1, -0.05) is 32.9 Å². The average Bonchev–Trinajstić information content (AvgIpc) is 2.42. The van der Waals surface area contributed by atoms with Gasteiger partial charge in [-0.15, -0.1) is 0 Å². The molecule has 0 aromatic heterocycles. The Bertz CT molecular complexity index is 431. The second kappa shape index (κ2) is 6.89. The number of rotatable bonds is 4. The molecule has 2 rings (SSSR count). The van der Waals surface area contributed by atoms with E-state index >= 15 is 0 Å². The zero-order chi connectivity index (χ0) is 14.5. The first-order valence-corrected chi connectivity index (χ1v) is 7.78. The van der Waals surface area contributed by atoms with Gasteiger partial charge in [0.05, 0.1) is 13.1 Å². The maximum atomic E-state index is 12.0. The largest absolute Gasteiger partial charge is 0.327 e. The Morgan fingerprint density at radius 3 is 2.40 bits per heavy atom. The highest BCUT2D eigenvalue weighted by molar-refractivity contribution is 5.91. The molecule has 2 N–H and O–H groups in total. The quantitative estimate of drug-likeness (QED) is 0.866. The lowest BCUT2D eigenvalue weighted by molar-refractivity contribution is -0.897. The van der Waals surface area contributed by atoms with E-state index in [4.69, 9.17) is 0 Å². The van der Waals surface area contributed by atoms with E-state index in [1.165, 1.54) is 23.3 Å². The number of piperidine rings is 1. The summed E-state index contributed by atoms with van der Waals surface area (Å²) >= 11 is 0. The standard InChI is InChI=1S/C17H26N2O/c1-13(2)15-4-6-16(7-5-15)18-17(20)12-19-10-8-14(3)9-11-19/h4-7,13-14H,8-12H2,1-3H3,(H,18,20)/p+1. The molecule has 20 heavy (non-hydrogen) atoms. The third-order valence-corrected chi connectivity index (χ3v) is 4.25. The zero-order valence-electron chi connectivity index (χ0n) is 12.9. The first-order valence-electron chi connectivity index (χ1n) is 7.78. The van der Waals surface area contributed by atoms with Crippen molar-refractivity contribution in [1.82, 2.24) is 0 Å². The summed E-state index contributed by atoms with van der Waals surface area (Å²) in [4.78, 5) is 13.5. The van der Waals surface area contributed by atoms with E-state index in [2.05, 4.69) is 38.2 Å². The van der Waals surface area contributed by atoms with E-state index in [0.29, 0.717) is 12.5 Å². The van der Waals surface area contributed by atoms with Crippen LogP contribution < -0.4 is 10.2 Å². The van der Waals surface area contributed by atoms with Crippen LogP contribution >= 0.6 is 0 Å². The maximum absolute atomic E-state index is 12.0. The fourth-order valence-electron chi connectivity index (χ4n) is 2.73. The summed E-state index contributed by atoms with van der Waals surface area (Å²) in [5.41, 5.74) is 2.21. The van der Waals surface area contributed by atoms with Gasteiger partial charge in [0.1, 0.15) is 0 Å². The van der Waals surface area contributed by atoms with Crippen molar-refractivity contribution >= 4 is 11.6 Å². The summed E-state index contributed by atoms with van der Waals surface area (Å²) in [6.07, 6.45) is 2.48. The van der Waals surface area contributed by atoms with Gasteiger partial charge < -0.3 is 10.2 Å². The fraction of sp³-hybridized carbons (Fsp3) is 0.588. The third-order valence-electron chi connectivity index (χ3n) is 4.25. The molecular weight excluding hydrogens is 248 g/mol. The number of nitrogens with one attached hydrogen (secondary N) is 2. The molecule has 1 aromatic rings. The van der Waals surface area contributed by atoms with Crippen LogP contribution in [0, 0.1) is 5.92 Å². The van der Waals surface area contributed by atoms with Gasteiger partial charge in [0.2, 0.25) is 0 Å². The number of amides is 1. The lowest BCUT2D eigenvalue weighted by atomic mass is 9.99. The van der Waals surface area contributed by atoms with Gasteiger partial charge in [-0.3, -0.25) is 4.79 Å². The lowest BCUT2D eigenvalue weighted by Gasteiger charge is -2.26. The minimum atomic E-state index is 0.131. The number of quaternary nitrogens is 1. The molecule has 0 spiro atoms. The smallest absolute Gasteiger partial charge is 0.279 e. The first kappa shape index (κ1) is 15.0. The molecule has 0 bridgehead atoms. The van der Waals surface area contributed by atoms with Crippen molar-refractivity contribution in [3.8, 4) is 0 Å². The summed E-state index contributed by atoms with van der Waals surface area (Å²) in [7, 11) is 0. The van der Waals surface area contributed by atoms with E-state index < -0.39 is 0 Å². The number of anilines is 1. The number of benzene rings is 1. The van der Waals surface area contributed by atoms with Crippen LogP contribution in [-0.2, 0) is 4.79 Å². The molecule has 110 valence electrons. The molecule has 0 unspecified atom stereocenters. The van der Waals surface area contributed by atoms with Crippen LogP contribution in [-0.4, -0.2) is 25.5 Å². The average molecular weight is 275 g/mol. The molecule has 1 amide bonds. The Morgan fingerprint density at radius 1 is 1.25 bits per heavy atom. The Hall–Kier alpha value is -1.35. The van der Waals surface area contributed by atoms with Crippen LogP contribution in [0.5, 0.6) is 0 Å². The maximum Gasteiger partial charge on any atom is 0.279 e. The van der Waals surface area contributed by atoms with E-state index in [1.807, 2.05) is 12.1 Å². The molecule has 1 heterocycles. The summed E-state index contributed by atoms with van der Waals surface area (Å²) in [5, 5.41) is 3.01. The van der Waals surface area contributed by atoms with E-state index in [1.54, 1.807) is 0 Å². The Morgan fingerprint density at radius 2 is 1.85 bits per heavy atom. The van der Waals surface area contributed by atoms with Crippen molar-refractivity contribution in [2.75, 3.05) is 25.0 Å². The van der Waals surface area contributed by atoms with Gasteiger partial charge in [-0.05, 0) is 42.4 Å². The van der Waals surface area contributed by atoms with Crippen LogP contribution in [0.1, 0.15) is 45.1 Å². The number of likely N-dealkylation sites (tertiary alicyclic amines) is 1. The second-order valence-corrected chi connectivity index (χ2v) is 6.43. The van der Waals surface area contributed by atoms with Gasteiger partial charge in [0.15, 0.2) is 6.54 Å². The van der Waals surface area contributed by atoms with Crippen molar-refractivity contribution in [1.29, 1.82) is 0 Å². The molecular formula is C17H27N2O+. The topological polar surface area (TPSA) is 33.5 Å². The predicted molar refractivity (Wildman–Crippen MR) is 83.1 cm³/mol. The van der Waals surface area contributed by atoms with Crippen molar-refractivity contribution in [3.63, 3.8) is 0 Å². The Labute approximate surface area is 122 Å². The van der Waals surface area contributed by atoms with Crippen LogP contribution in [0.15, 0.2) is 24.3 Å². The van der Waals surface area contributed by atoms with E-state index in [0.717, 1.165) is 24.7 Å². The molecule has 0 atom stereocenters. The number of carbonyl (C=O) groups is 1. The molecule has 1 aromatic carbocycles. The minimum absolute atomic E-state index is 0.131. The van der Waals surface area contributed by atoms with Crippen molar-refractivity contribution in [2.24, 2.45) is 5.92 Å². The highest BCUT2D eigenvalue weighted by atomic mass is 16.2. The molecule has 1 aliphatic heterocycles. The van der Waals surface area contributed by atoms with Crippen molar-refractivity contribution in [2.45, 2.75) is 39.5 Å². The Kier molecular flexibility index (Phi) is 5.18. The Balaban J connectivity index is 1.82. The zero-order valence-corrected chi connectivity index (χ0v) is 12.9. The second-order valence-electron chi connectivity index (χ2n) is 6.43. The van der Waals surface area contributed by atoms with Gasteiger partial charge in [0, 0.05) is 5.69 Å². The number of carbonyl (C=O) groups excluding carboxylic acids is 1. The number of hydrogen-bond acceptors (Lipinski definition) is 1. The van der Waals surface area contributed by atoms with Gasteiger partial charge >= 0.3 is 0 Å². The van der Waals surface area contributed by atoms with Gasteiger partial charge in [-0.25, -0.2) is 0 Å². The monoisotopic (exact) mass is 275 g/mol. The van der Waals surface area contributed by atoms with E-state index in [9.17, 15) is 4.79 Å². The first-order chi connectivity index (χ1) is 9.54. The summed E-state index contributed by atoms with van der Waals surface area (Å²) < 4.78 is 0. The minimum Gasteiger partial charge on any atom is -0.327 e. The van der Waals surface area contributed by atoms with E-state index in [-0.39, 0.29) is 5.91 Å². The molecule has 0 radical (unpaired) electrons. The number of hydrogen-bond donors (Lipinski definition) is 2. The SMILES string of the molecule is CC1CC[NH+](CC(=O)Nc2ccc(C(C)C)cc2)CC1. The normalized spacial score (nSPS) is 22.8. The molecule has 3 heteroatoms. The van der Waals surface area contributed by atoms with Crippen molar-refractivity contribution in [3.05, 3.63) is 29.8 Å². The van der Waals surface area contributed by atoms with Crippen LogP contribution in [0.25, 0.3) is 0 Å². The van der Waals surface area contributed by atoms with Gasteiger partial charge in [0.25, 0.3) is 5.91 Å². The summed E-state index contributed by atoms with van der Waals surface area (Å²) in [6, 6.07) is 8.19. The predicted octanol–water partition coefficient (Wildman–Crippen LogP) is 2.06. The van der Waals surface area contributed by atoms with Crippen molar-refractivity contribution < 1.29 is 9.69 Å². The molecule has 0 aliphatic carbocycles. The molecule has 0 saturated carbocycles. The highest BCUT2D eigenvalue weighted by Gasteiger charge is 2.21. The lowest BCUT2D eigenvalue weighted by Crippen LogP contribution is -3.14. The molecule has 1 fully saturated rings. The highest BCUT2D eigenvalue weighted by Crippen LogP contribution is 2.16. The van der Waals surface area contributed by atoms with Crippen LogP contribution in [0.3, 0.4) is 0 Å². The third kappa shape index (κ3) is 4.34. The summed E-state index contributed by atoms with van der Waals surface area (Å²) in [5.74, 6) is 1.48. The van der Waals surface area contributed by atoms with Crippen LogP contribution in [0.2, 0.25) is 0 Å². The molecule has 3 nitrogen and oxygen atoms in total. The molecule has 1 saturated heterocycles. The van der Waals surface area contributed by atoms with Crippen LogP contribution in [0.4, 0.5) is 5.69 Å². The summed E-state index contributed by atoms with van der Waals surface area (Å²) in [6.45, 7) is 9.50. The van der Waals surface area contributed by atoms with Gasteiger partial charge in [-0.2, -0.15) is 0 Å².